The third-order valence-corrected chi connectivity index (χ3v) is 6.54. The Morgan fingerprint density at radius 3 is 2.26 bits per heavy atom. The largest absolute Gasteiger partial charge is 0.423 e. The maximum Gasteiger partial charge on any atom is 0.423 e. The van der Waals surface area contributed by atoms with E-state index in [-0.39, 0.29) is 18.4 Å². The molecule has 2 N–H and O–H groups in total. The van der Waals surface area contributed by atoms with Gasteiger partial charge in [0.15, 0.2) is 0 Å². The summed E-state index contributed by atoms with van der Waals surface area (Å²) in [5, 5.41) is 7.88. The summed E-state index contributed by atoms with van der Waals surface area (Å²) < 4.78 is 78.2. The topological polar surface area (TPSA) is 110 Å². The molecule has 0 aromatic carbocycles. The smallest absolute Gasteiger partial charge is 0.379 e. The average Bonchev–Trinajstić information content (AvgIpc) is 2.84. The van der Waals surface area contributed by atoms with Crippen LogP contribution in [0.25, 0.3) is 0 Å². The van der Waals surface area contributed by atoms with Crippen LogP contribution in [-0.2, 0) is 17.1 Å². The second-order valence-corrected chi connectivity index (χ2v) is 9.27. The van der Waals surface area contributed by atoms with Crippen molar-refractivity contribution in [3.05, 3.63) is 40.1 Å². The van der Waals surface area contributed by atoms with Crippen molar-refractivity contribution in [3.8, 4) is 0 Å². The fourth-order valence-electron chi connectivity index (χ4n) is 4.74. The van der Waals surface area contributed by atoms with E-state index in [0.717, 1.165) is 18.6 Å². The first kappa shape index (κ1) is 27.6. The first-order valence-corrected chi connectivity index (χ1v) is 11.9. The highest BCUT2D eigenvalue weighted by Crippen LogP contribution is 2.32. The molecule has 2 aromatic heterocycles. The van der Waals surface area contributed by atoms with Gasteiger partial charge in [-0.1, -0.05) is 0 Å². The number of carbonyl (C=O) groups excluding carboxylic acids is 1. The molecule has 208 valence electrons. The van der Waals surface area contributed by atoms with E-state index in [0.29, 0.717) is 45.6 Å². The number of halogens is 6. The Balaban J connectivity index is 1.34. The van der Waals surface area contributed by atoms with Gasteiger partial charge in [0.1, 0.15) is 5.56 Å². The third-order valence-electron chi connectivity index (χ3n) is 6.54. The zero-order valence-electron chi connectivity index (χ0n) is 20.3. The first-order valence-electron chi connectivity index (χ1n) is 11.9. The van der Waals surface area contributed by atoms with Crippen LogP contribution < -0.4 is 15.8 Å². The molecule has 2 aliphatic heterocycles. The highest BCUT2D eigenvalue weighted by atomic mass is 19.4. The van der Waals surface area contributed by atoms with Gasteiger partial charge in [0, 0.05) is 57.7 Å². The van der Waals surface area contributed by atoms with E-state index in [1.54, 1.807) is 21.8 Å². The molecule has 4 heterocycles. The highest BCUT2D eigenvalue weighted by molar-refractivity contribution is 5.82. The van der Waals surface area contributed by atoms with Gasteiger partial charge in [-0.05, 0) is 19.8 Å². The predicted molar refractivity (Wildman–Crippen MR) is 123 cm³/mol. The number of nitrogens with one attached hydrogen (secondary N) is 2. The van der Waals surface area contributed by atoms with E-state index in [2.05, 4.69) is 20.4 Å². The van der Waals surface area contributed by atoms with Crippen molar-refractivity contribution in [2.75, 3.05) is 49.5 Å². The van der Waals surface area contributed by atoms with Crippen molar-refractivity contribution >= 4 is 17.5 Å². The third kappa shape index (κ3) is 6.16. The highest BCUT2D eigenvalue weighted by Gasteiger charge is 2.39. The fraction of sp³-hybridized carbons (Fsp3) is 0.591. The summed E-state index contributed by atoms with van der Waals surface area (Å²) in [4.78, 5) is 37.9. The normalized spacial score (nSPS) is 20.5. The Bertz CT molecular complexity index is 1180. The second-order valence-electron chi connectivity index (χ2n) is 9.27. The Morgan fingerprint density at radius 1 is 1.00 bits per heavy atom. The van der Waals surface area contributed by atoms with Gasteiger partial charge in [-0.25, -0.2) is 15.1 Å². The number of carbonyl (C=O) groups is 1. The predicted octanol–water partition coefficient (Wildman–Crippen LogP) is 2.21. The quantitative estimate of drug-likeness (QED) is 0.529. The molecule has 16 heteroatoms. The molecular weight excluding hydrogens is 522 g/mol. The van der Waals surface area contributed by atoms with Crippen LogP contribution in [0.2, 0.25) is 0 Å². The van der Waals surface area contributed by atoms with Gasteiger partial charge < -0.3 is 15.1 Å². The molecule has 1 amide bonds. The van der Waals surface area contributed by atoms with Crippen LogP contribution in [0.15, 0.2) is 23.4 Å². The minimum atomic E-state index is -4.88. The lowest BCUT2D eigenvalue weighted by molar-refractivity contribution is -0.141. The molecule has 0 aliphatic carbocycles. The van der Waals surface area contributed by atoms with Crippen molar-refractivity contribution in [2.24, 2.45) is 0 Å². The molecule has 2 fully saturated rings. The lowest BCUT2D eigenvalue weighted by Crippen LogP contribution is -2.58. The SMILES string of the molecule is C[C@@H](CN1CCCC(N2CCN(c3ncc(C(F)(F)F)cn3)CC2)C1=O)Nc1cn[nH]c(=O)c1C(F)(F)F. The molecule has 2 aromatic rings. The van der Waals surface area contributed by atoms with Gasteiger partial charge in [-0.2, -0.15) is 31.4 Å². The fourth-order valence-corrected chi connectivity index (χ4v) is 4.74. The zero-order valence-corrected chi connectivity index (χ0v) is 20.3. The van der Waals surface area contributed by atoms with E-state index in [4.69, 9.17) is 0 Å². The maximum absolute atomic E-state index is 13.3. The number of aromatic nitrogens is 4. The van der Waals surface area contributed by atoms with Gasteiger partial charge in [0.25, 0.3) is 5.56 Å². The number of anilines is 2. The molecule has 10 nitrogen and oxygen atoms in total. The second kappa shape index (κ2) is 10.7. The Hall–Kier alpha value is -3.43. The van der Waals surface area contributed by atoms with Crippen molar-refractivity contribution in [1.29, 1.82) is 0 Å². The Kier molecular flexibility index (Phi) is 7.80. The minimum absolute atomic E-state index is 0.124. The number of likely N-dealkylation sites (tertiary alicyclic amines) is 1. The number of hydrogen-bond donors (Lipinski definition) is 2. The molecule has 0 saturated carbocycles. The number of rotatable bonds is 6. The van der Waals surface area contributed by atoms with Gasteiger partial charge >= 0.3 is 12.4 Å². The molecule has 4 rings (SSSR count). The number of hydrogen-bond acceptors (Lipinski definition) is 8. The molecular formula is C22H26F6N8O2. The Labute approximate surface area is 213 Å². The summed E-state index contributed by atoms with van der Waals surface area (Å²) in [6.45, 7) is 3.96. The van der Waals surface area contributed by atoms with E-state index in [9.17, 15) is 35.9 Å². The monoisotopic (exact) mass is 548 g/mol. The van der Waals surface area contributed by atoms with Gasteiger partial charge in [0.05, 0.1) is 23.5 Å². The van der Waals surface area contributed by atoms with E-state index in [1.165, 1.54) is 0 Å². The molecule has 0 radical (unpaired) electrons. The molecule has 0 bridgehead atoms. The number of amides is 1. The van der Waals surface area contributed by atoms with Crippen molar-refractivity contribution in [1.82, 2.24) is 30.0 Å². The zero-order chi connectivity index (χ0) is 27.7. The first-order chi connectivity index (χ1) is 17.8. The van der Waals surface area contributed by atoms with Crippen molar-refractivity contribution in [2.45, 2.75) is 44.2 Å². The standard InChI is InChI=1S/C22H26F6N8O2/c1-13(32-15-11-31-33-18(37)17(15)22(26,27)28)12-36-4-2-3-16(19(36)38)34-5-7-35(8-6-34)20-29-9-14(10-30-20)21(23,24)25/h9-11,13,16H,2-8,12H2,1H3,(H2,32,33,37)/t13-,16?/m0/s1. The van der Waals surface area contributed by atoms with Crippen LogP contribution in [0.1, 0.15) is 30.9 Å². The number of aromatic amines is 1. The Morgan fingerprint density at radius 2 is 1.66 bits per heavy atom. The van der Waals surface area contributed by atoms with Crippen molar-refractivity contribution < 1.29 is 31.1 Å². The maximum atomic E-state index is 13.3. The van der Waals surface area contributed by atoms with Crippen molar-refractivity contribution in [3.63, 3.8) is 0 Å². The number of H-pyrrole nitrogens is 1. The van der Waals surface area contributed by atoms with Crippen LogP contribution in [0.4, 0.5) is 38.0 Å². The number of piperidine rings is 1. The molecule has 2 atom stereocenters. The van der Waals surface area contributed by atoms with E-state index >= 15 is 0 Å². The summed E-state index contributed by atoms with van der Waals surface area (Å²) in [5.74, 6) is 0.0332. The molecule has 2 saturated heterocycles. The minimum Gasteiger partial charge on any atom is -0.379 e. The lowest BCUT2D eigenvalue weighted by Gasteiger charge is -2.43. The van der Waals surface area contributed by atoms with Crippen LogP contribution >= 0.6 is 0 Å². The summed E-state index contributed by atoms with van der Waals surface area (Å²) in [6, 6.07) is -1.02. The molecule has 38 heavy (non-hydrogen) atoms. The summed E-state index contributed by atoms with van der Waals surface area (Å²) in [5.41, 5.74) is -4.13. The average molecular weight is 548 g/mol. The number of alkyl halides is 6. The summed E-state index contributed by atoms with van der Waals surface area (Å²) in [6.07, 6.45) is -5.71. The van der Waals surface area contributed by atoms with E-state index in [1.807, 2.05) is 4.90 Å². The molecule has 0 spiro atoms. The van der Waals surface area contributed by atoms with Crippen LogP contribution in [0.3, 0.4) is 0 Å². The summed E-state index contributed by atoms with van der Waals surface area (Å²) in [7, 11) is 0. The number of piperazine rings is 1. The molecule has 2 aliphatic rings. The summed E-state index contributed by atoms with van der Waals surface area (Å²) >= 11 is 0. The van der Waals surface area contributed by atoms with Gasteiger partial charge in [0.2, 0.25) is 11.9 Å². The van der Waals surface area contributed by atoms with Crippen LogP contribution in [0, 0.1) is 0 Å². The van der Waals surface area contributed by atoms with Gasteiger partial charge in [-0.15, -0.1) is 0 Å². The van der Waals surface area contributed by atoms with E-state index < -0.39 is 46.8 Å². The molecule has 1 unspecified atom stereocenters. The number of nitrogens with zero attached hydrogens (tertiary/aromatic N) is 6. The lowest BCUT2D eigenvalue weighted by atomic mass is 10.0. The van der Waals surface area contributed by atoms with Crippen LogP contribution in [0.5, 0.6) is 0 Å². The van der Waals surface area contributed by atoms with Crippen LogP contribution in [-0.4, -0.2) is 87.2 Å². The van der Waals surface area contributed by atoms with Gasteiger partial charge in [-0.3, -0.25) is 14.5 Å².